The fraction of sp³-hybridized carbons (Fsp3) is 0.333. The summed E-state index contributed by atoms with van der Waals surface area (Å²) in [5.41, 5.74) is 0.0949. The van der Waals surface area contributed by atoms with Crippen LogP contribution in [0.2, 0.25) is 0 Å². The van der Waals surface area contributed by atoms with Gasteiger partial charge in [0.2, 0.25) is 11.8 Å². The number of carbonyl (C=O) groups excluding carboxylic acids is 2. The highest BCUT2D eigenvalue weighted by molar-refractivity contribution is 8.03. The molecule has 0 radical (unpaired) electrons. The highest BCUT2D eigenvalue weighted by atomic mass is 32.2. The zero-order chi connectivity index (χ0) is 19.3. The molecule has 2 N–H and O–H groups in total. The molecule has 6 nitrogen and oxygen atoms in total. The van der Waals surface area contributed by atoms with Crippen molar-refractivity contribution in [2.45, 2.75) is 18.7 Å². The molecule has 1 aromatic rings. The van der Waals surface area contributed by atoms with Gasteiger partial charge in [0.05, 0.1) is 28.5 Å². The number of nitriles is 2. The normalized spacial score (nSPS) is 18.5. The van der Waals surface area contributed by atoms with Crippen LogP contribution in [0, 0.1) is 34.0 Å². The van der Waals surface area contributed by atoms with Gasteiger partial charge in [-0.2, -0.15) is 10.5 Å². The number of allylic oxidation sites excluding steroid dienone is 1. The molecule has 2 amide bonds. The van der Waals surface area contributed by atoms with E-state index < -0.39 is 17.2 Å². The number of benzene rings is 1. The van der Waals surface area contributed by atoms with E-state index in [1.807, 2.05) is 30.5 Å². The summed E-state index contributed by atoms with van der Waals surface area (Å²) in [6, 6.07) is 11.5. The van der Waals surface area contributed by atoms with Crippen molar-refractivity contribution in [3.8, 4) is 12.1 Å². The number of anilines is 1. The molecule has 0 aromatic heterocycles. The minimum atomic E-state index is -0.940. The van der Waals surface area contributed by atoms with Crippen LogP contribution in [0.1, 0.15) is 13.8 Å². The van der Waals surface area contributed by atoms with Crippen molar-refractivity contribution in [3.05, 3.63) is 34.9 Å². The van der Waals surface area contributed by atoms with Gasteiger partial charge in [0.15, 0.2) is 0 Å². The van der Waals surface area contributed by atoms with Gasteiger partial charge in [0.1, 0.15) is 5.92 Å². The second-order valence-electron chi connectivity index (χ2n) is 6.16. The highest BCUT2D eigenvalue weighted by Crippen LogP contribution is 2.41. The van der Waals surface area contributed by atoms with Crippen molar-refractivity contribution in [1.29, 1.82) is 10.5 Å². The van der Waals surface area contributed by atoms with E-state index in [1.54, 1.807) is 31.7 Å². The molecule has 0 aliphatic carbocycles. The Bertz CT molecular complexity index is 849. The van der Waals surface area contributed by atoms with Gasteiger partial charge < -0.3 is 10.6 Å². The van der Waals surface area contributed by atoms with Gasteiger partial charge in [-0.3, -0.25) is 9.59 Å². The molecule has 134 valence electrons. The number of rotatable bonds is 5. The summed E-state index contributed by atoms with van der Waals surface area (Å²) in [7, 11) is 0. The molecule has 1 aliphatic heterocycles. The van der Waals surface area contributed by atoms with E-state index in [0.717, 1.165) is 16.7 Å². The van der Waals surface area contributed by atoms with E-state index in [-0.39, 0.29) is 11.7 Å². The van der Waals surface area contributed by atoms with Gasteiger partial charge in [-0.25, -0.2) is 0 Å². The molecule has 1 heterocycles. The molecular formula is C18H18N4O2S2. The first-order valence-electron chi connectivity index (χ1n) is 7.75. The fourth-order valence-electron chi connectivity index (χ4n) is 2.57. The van der Waals surface area contributed by atoms with Crippen LogP contribution >= 0.6 is 23.5 Å². The first-order valence-corrected chi connectivity index (χ1v) is 9.96. The summed E-state index contributed by atoms with van der Waals surface area (Å²) < 4.78 is 0. The van der Waals surface area contributed by atoms with Crippen LogP contribution in [-0.2, 0) is 9.59 Å². The largest absolute Gasteiger partial charge is 0.325 e. The standard InChI is InChI=1S/C18H18N4O2S2/c1-18(2)13(8-19)16(24)22-17(14(18)9-20)26-10-15(23)21-11-5-4-6-12(7-11)25-3/h4-7,13H,10H2,1-3H3,(H,21,23)(H,22,24)/t13-/m1/s1. The van der Waals surface area contributed by atoms with Gasteiger partial charge in [0, 0.05) is 16.0 Å². The molecule has 0 saturated carbocycles. The third-order valence-corrected chi connectivity index (χ3v) is 5.76. The smallest absolute Gasteiger partial charge is 0.243 e. The molecule has 0 spiro atoms. The molecule has 0 saturated heterocycles. The van der Waals surface area contributed by atoms with Gasteiger partial charge >= 0.3 is 0 Å². The Morgan fingerprint density at radius 2 is 2.12 bits per heavy atom. The van der Waals surface area contributed by atoms with Gasteiger partial charge in [-0.1, -0.05) is 31.7 Å². The lowest BCUT2D eigenvalue weighted by molar-refractivity contribution is -0.125. The monoisotopic (exact) mass is 386 g/mol. The van der Waals surface area contributed by atoms with E-state index in [2.05, 4.69) is 16.7 Å². The van der Waals surface area contributed by atoms with Crippen molar-refractivity contribution in [2.24, 2.45) is 11.3 Å². The minimum Gasteiger partial charge on any atom is -0.325 e. The first-order chi connectivity index (χ1) is 12.3. The predicted octanol–water partition coefficient (Wildman–Crippen LogP) is 3.11. The maximum absolute atomic E-state index is 12.2. The zero-order valence-corrected chi connectivity index (χ0v) is 16.3. The van der Waals surface area contributed by atoms with Crippen LogP contribution in [0.5, 0.6) is 0 Å². The molecule has 1 aliphatic rings. The van der Waals surface area contributed by atoms with Crippen molar-refractivity contribution >= 4 is 41.0 Å². The van der Waals surface area contributed by atoms with Gasteiger partial charge in [-0.05, 0) is 24.5 Å². The zero-order valence-electron chi connectivity index (χ0n) is 14.6. The van der Waals surface area contributed by atoms with Crippen molar-refractivity contribution < 1.29 is 9.59 Å². The molecule has 8 heteroatoms. The molecule has 0 unspecified atom stereocenters. The summed E-state index contributed by atoms with van der Waals surface area (Å²) in [5, 5.41) is 24.4. The predicted molar refractivity (Wildman–Crippen MR) is 103 cm³/mol. The SMILES string of the molecule is CSc1cccc(NC(=O)CSC2=C(C#N)C(C)(C)[C@H](C#N)C(=O)N2)c1. The molecule has 1 aromatic carbocycles. The molecule has 0 bridgehead atoms. The Balaban J connectivity index is 2.11. The maximum atomic E-state index is 12.2. The molecule has 1 atom stereocenters. The van der Waals surface area contributed by atoms with Gasteiger partial charge in [-0.15, -0.1) is 11.8 Å². The third-order valence-electron chi connectivity index (χ3n) is 4.03. The lowest BCUT2D eigenvalue weighted by atomic mass is 9.72. The van der Waals surface area contributed by atoms with Crippen LogP contribution in [0.15, 0.2) is 39.8 Å². The van der Waals surface area contributed by atoms with E-state index in [1.165, 1.54) is 0 Å². The van der Waals surface area contributed by atoms with Crippen LogP contribution < -0.4 is 10.6 Å². The summed E-state index contributed by atoms with van der Waals surface area (Å²) in [6.45, 7) is 3.37. The number of carbonyl (C=O) groups is 2. The molecule has 0 fully saturated rings. The van der Waals surface area contributed by atoms with E-state index in [4.69, 9.17) is 0 Å². The Labute approximate surface area is 161 Å². The number of nitrogens with one attached hydrogen (secondary N) is 2. The summed E-state index contributed by atoms with van der Waals surface area (Å²) in [5.74, 6) is -1.60. The number of hydrogen-bond acceptors (Lipinski definition) is 6. The average Bonchev–Trinajstić information content (AvgIpc) is 2.59. The number of hydrogen-bond donors (Lipinski definition) is 2. The number of amides is 2. The molecular weight excluding hydrogens is 368 g/mol. The Morgan fingerprint density at radius 3 is 2.73 bits per heavy atom. The van der Waals surface area contributed by atoms with E-state index in [9.17, 15) is 20.1 Å². The average molecular weight is 387 g/mol. The maximum Gasteiger partial charge on any atom is 0.243 e. The second kappa shape index (κ2) is 8.31. The molecule has 2 rings (SSSR count). The van der Waals surface area contributed by atoms with Crippen molar-refractivity contribution in [3.63, 3.8) is 0 Å². The Morgan fingerprint density at radius 1 is 1.38 bits per heavy atom. The minimum absolute atomic E-state index is 0.0393. The van der Waals surface area contributed by atoms with E-state index in [0.29, 0.717) is 16.3 Å². The second-order valence-corrected chi connectivity index (χ2v) is 8.02. The summed E-state index contributed by atoms with van der Waals surface area (Å²) in [6.07, 6.45) is 1.95. The highest BCUT2D eigenvalue weighted by Gasteiger charge is 2.44. The van der Waals surface area contributed by atoms with Crippen molar-refractivity contribution in [1.82, 2.24) is 5.32 Å². The van der Waals surface area contributed by atoms with Crippen LogP contribution in [0.3, 0.4) is 0 Å². The third kappa shape index (κ3) is 4.21. The number of nitrogens with zero attached hydrogens (tertiary/aromatic N) is 2. The van der Waals surface area contributed by atoms with Crippen molar-refractivity contribution in [2.75, 3.05) is 17.3 Å². The van der Waals surface area contributed by atoms with Gasteiger partial charge in [0.25, 0.3) is 0 Å². The molecule has 26 heavy (non-hydrogen) atoms. The summed E-state index contributed by atoms with van der Waals surface area (Å²) in [4.78, 5) is 25.4. The first kappa shape index (κ1) is 19.9. The lowest BCUT2D eigenvalue weighted by Gasteiger charge is -2.34. The Hall–Kier alpha value is -2.42. The number of thioether (sulfide) groups is 2. The topological polar surface area (TPSA) is 106 Å². The lowest BCUT2D eigenvalue weighted by Crippen LogP contribution is -2.44. The van der Waals surface area contributed by atoms with Crippen LogP contribution in [-0.4, -0.2) is 23.8 Å². The van der Waals surface area contributed by atoms with Crippen LogP contribution in [0.25, 0.3) is 0 Å². The van der Waals surface area contributed by atoms with Crippen LogP contribution in [0.4, 0.5) is 5.69 Å². The Kier molecular flexibility index (Phi) is 6.36. The van der Waals surface area contributed by atoms with E-state index >= 15 is 0 Å². The quantitative estimate of drug-likeness (QED) is 0.753. The summed E-state index contributed by atoms with van der Waals surface area (Å²) >= 11 is 2.66. The fourth-order valence-corrected chi connectivity index (χ4v) is 4.00.